The first-order valence-corrected chi connectivity index (χ1v) is 4.01. The number of rotatable bonds is 0. The van der Waals surface area contributed by atoms with Crippen LogP contribution in [0.1, 0.15) is 6.92 Å². The van der Waals surface area contributed by atoms with Gasteiger partial charge in [-0.25, -0.2) is 0 Å². The molecule has 0 aromatic heterocycles. The van der Waals surface area contributed by atoms with Crippen LogP contribution in [0.15, 0.2) is 24.0 Å². The Labute approximate surface area is 66.5 Å². The molecule has 2 aliphatic rings. The van der Waals surface area contributed by atoms with Crippen molar-refractivity contribution in [3.8, 4) is 0 Å². The lowest BCUT2D eigenvalue weighted by atomic mass is 9.97. The van der Waals surface area contributed by atoms with Gasteiger partial charge in [0.15, 0.2) is 0 Å². The lowest BCUT2D eigenvalue weighted by Crippen LogP contribution is -2.32. The first-order chi connectivity index (χ1) is 5.38. The molecule has 2 rings (SSSR count). The van der Waals surface area contributed by atoms with Crippen LogP contribution in [0.5, 0.6) is 0 Å². The van der Waals surface area contributed by atoms with E-state index >= 15 is 0 Å². The first-order valence-electron chi connectivity index (χ1n) is 4.01. The van der Waals surface area contributed by atoms with Crippen LogP contribution >= 0.6 is 0 Å². The van der Waals surface area contributed by atoms with E-state index in [9.17, 15) is 0 Å². The van der Waals surface area contributed by atoms with Crippen LogP contribution in [0, 0.1) is 5.92 Å². The van der Waals surface area contributed by atoms with Crippen molar-refractivity contribution in [3.63, 3.8) is 0 Å². The fraction of sp³-hybridized carbons (Fsp3) is 0.556. The summed E-state index contributed by atoms with van der Waals surface area (Å²) in [5.41, 5.74) is 0. The zero-order chi connectivity index (χ0) is 7.68. The molecule has 0 radical (unpaired) electrons. The Hall–Kier alpha value is -0.760. The summed E-state index contributed by atoms with van der Waals surface area (Å²) in [5.74, 6) is 1.45. The molecule has 0 amide bonds. The normalized spacial score (nSPS) is 35.5. The Kier molecular flexibility index (Phi) is 1.70. The average Bonchev–Trinajstić information content (AvgIpc) is 2.06. The average molecular weight is 152 g/mol. The van der Waals surface area contributed by atoms with E-state index in [4.69, 9.17) is 9.47 Å². The zero-order valence-electron chi connectivity index (χ0n) is 6.62. The molecule has 1 unspecified atom stereocenters. The number of ether oxygens (including phenoxy) is 2. The Morgan fingerprint density at radius 2 is 2.36 bits per heavy atom. The number of hydrogen-bond donors (Lipinski definition) is 0. The zero-order valence-corrected chi connectivity index (χ0v) is 6.62. The molecule has 2 atom stereocenters. The van der Waals surface area contributed by atoms with Crippen molar-refractivity contribution in [2.75, 3.05) is 13.2 Å². The van der Waals surface area contributed by atoms with Crippen molar-refractivity contribution in [1.82, 2.24) is 0 Å². The third-order valence-corrected chi connectivity index (χ3v) is 2.08. The van der Waals surface area contributed by atoms with E-state index in [-0.39, 0.29) is 6.10 Å². The van der Waals surface area contributed by atoms with Gasteiger partial charge in [-0.2, -0.15) is 0 Å². The van der Waals surface area contributed by atoms with E-state index in [2.05, 4.69) is 13.0 Å². The predicted molar refractivity (Wildman–Crippen MR) is 42.1 cm³/mol. The summed E-state index contributed by atoms with van der Waals surface area (Å²) in [5, 5.41) is 0. The van der Waals surface area contributed by atoms with Gasteiger partial charge in [0.2, 0.25) is 0 Å². The molecule has 1 fully saturated rings. The largest absolute Gasteiger partial charge is 0.493 e. The minimum Gasteiger partial charge on any atom is -0.493 e. The highest BCUT2D eigenvalue weighted by Gasteiger charge is 2.26. The lowest BCUT2D eigenvalue weighted by Gasteiger charge is -2.31. The quantitative estimate of drug-likeness (QED) is 0.523. The first kappa shape index (κ1) is 6.92. The Bertz CT molecular complexity index is 206. The van der Waals surface area contributed by atoms with Gasteiger partial charge in [0, 0.05) is 5.92 Å². The molecule has 1 aliphatic heterocycles. The standard InChI is InChI=1S/C9H12O2/c1-7-3-2-4-8-9(7)11-6-5-10-8/h2-4,7,9H,5-6H2,1H3/t7-,9?/m1/s1. The van der Waals surface area contributed by atoms with Gasteiger partial charge in [0.1, 0.15) is 18.5 Å². The summed E-state index contributed by atoms with van der Waals surface area (Å²) in [6, 6.07) is 0. The third-order valence-electron chi connectivity index (χ3n) is 2.08. The van der Waals surface area contributed by atoms with E-state index in [1.807, 2.05) is 12.2 Å². The molecule has 2 heteroatoms. The van der Waals surface area contributed by atoms with Gasteiger partial charge in [0.25, 0.3) is 0 Å². The molecule has 0 bridgehead atoms. The van der Waals surface area contributed by atoms with Gasteiger partial charge in [-0.05, 0) is 6.08 Å². The van der Waals surface area contributed by atoms with Crippen molar-refractivity contribution in [1.29, 1.82) is 0 Å². The maximum absolute atomic E-state index is 5.55. The molecule has 1 heterocycles. The van der Waals surface area contributed by atoms with E-state index < -0.39 is 0 Å². The van der Waals surface area contributed by atoms with Crippen LogP contribution < -0.4 is 0 Å². The second-order valence-corrected chi connectivity index (χ2v) is 2.95. The van der Waals surface area contributed by atoms with Crippen LogP contribution in [0.3, 0.4) is 0 Å². The molecule has 0 N–H and O–H groups in total. The Morgan fingerprint density at radius 1 is 1.45 bits per heavy atom. The fourth-order valence-electron chi connectivity index (χ4n) is 1.48. The van der Waals surface area contributed by atoms with Crippen molar-refractivity contribution in [3.05, 3.63) is 24.0 Å². The second kappa shape index (κ2) is 2.70. The highest BCUT2D eigenvalue weighted by atomic mass is 16.6. The lowest BCUT2D eigenvalue weighted by molar-refractivity contribution is -0.0574. The summed E-state index contributed by atoms with van der Waals surface area (Å²) < 4.78 is 11.0. The van der Waals surface area contributed by atoms with Gasteiger partial charge in [-0.15, -0.1) is 0 Å². The summed E-state index contributed by atoms with van der Waals surface area (Å²) >= 11 is 0. The van der Waals surface area contributed by atoms with Gasteiger partial charge in [-0.3, -0.25) is 0 Å². The molecule has 0 spiro atoms. The van der Waals surface area contributed by atoms with Crippen LogP contribution in [-0.2, 0) is 9.47 Å². The van der Waals surface area contributed by atoms with Gasteiger partial charge >= 0.3 is 0 Å². The summed E-state index contributed by atoms with van der Waals surface area (Å²) in [7, 11) is 0. The third kappa shape index (κ3) is 1.18. The molecule has 2 nitrogen and oxygen atoms in total. The Balaban J connectivity index is 2.18. The summed E-state index contributed by atoms with van der Waals surface area (Å²) in [6.07, 6.45) is 6.34. The monoisotopic (exact) mass is 152 g/mol. The van der Waals surface area contributed by atoms with E-state index in [0.29, 0.717) is 12.5 Å². The highest BCUT2D eigenvalue weighted by Crippen LogP contribution is 2.25. The predicted octanol–water partition coefficient (Wildman–Crippen LogP) is 1.49. The number of hydrogen-bond acceptors (Lipinski definition) is 2. The van der Waals surface area contributed by atoms with Crippen LogP contribution in [0.4, 0.5) is 0 Å². The molecule has 0 saturated carbocycles. The van der Waals surface area contributed by atoms with Crippen molar-refractivity contribution in [2.24, 2.45) is 5.92 Å². The maximum atomic E-state index is 5.55. The number of fused-ring (bicyclic) bond motifs is 1. The van der Waals surface area contributed by atoms with Crippen LogP contribution in [-0.4, -0.2) is 19.3 Å². The van der Waals surface area contributed by atoms with E-state index in [1.165, 1.54) is 0 Å². The van der Waals surface area contributed by atoms with Crippen LogP contribution in [0.25, 0.3) is 0 Å². The molecule has 11 heavy (non-hydrogen) atoms. The minimum absolute atomic E-state index is 0.175. The fourth-order valence-corrected chi connectivity index (χ4v) is 1.48. The molecule has 1 aliphatic carbocycles. The van der Waals surface area contributed by atoms with E-state index in [1.54, 1.807) is 0 Å². The number of allylic oxidation sites excluding steroid dienone is 2. The van der Waals surface area contributed by atoms with E-state index in [0.717, 1.165) is 12.4 Å². The van der Waals surface area contributed by atoms with Crippen LogP contribution in [0.2, 0.25) is 0 Å². The molecule has 0 aromatic carbocycles. The molecule has 1 saturated heterocycles. The highest BCUT2D eigenvalue weighted by molar-refractivity contribution is 5.20. The van der Waals surface area contributed by atoms with Gasteiger partial charge < -0.3 is 9.47 Å². The minimum atomic E-state index is 0.175. The molecular weight excluding hydrogens is 140 g/mol. The molecular formula is C9H12O2. The SMILES string of the molecule is C[C@@H]1C=CC=C2OCCOC21. The summed E-state index contributed by atoms with van der Waals surface area (Å²) in [4.78, 5) is 0. The topological polar surface area (TPSA) is 18.5 Å². The van der Waals surface area contributed by atoms with Gasteiger partial charge in [0.05, 0.1) is 6.61 Å². The van der Waals surface area contributed by atoms with Crippen molar-refractivity contribution in [2.45, 2.75) is 13.0 Å². The summed E-state index contributed by atoms with van der Waals surface area (Å²) in [6.45, 7) is 3.56. The van der Waals surface area contributed by atoms with Gasteiger partial charge in [-0.1, -0.05) is 19.1 Å². The molecule has 0 aromatic rings. The maximum Gasteiger partial charge on any atom is 0.125 e. The van der Waals surface area contributed by atoms with Crippen molar-refractivity contribution >= 4 is 0 Å². The second-order valence-electron chi connectivity index (χ2n) is 2.95. The smallest absolute Gasteiger partial charge is 0.125 e. The van der Waals surface area contributed by atoms with Crippen molar-refractivity contribution < 1.29 is 9.47 Å². The molecule has 60 valence electrons. The Morgan fingerprint density at radius 3 is 3.18 bits per heavy atom.